The number of nitrogens with one attached hydrogen (secondary N) is 1. The number of benzene rings is 2. The van der Waals surface area contributed by atoms with Gasteiger partial charge in [0.15, 0.2) is 5.96 Å². The van der Waals surface area contributed by atoms with Gasteiger partial charge in [-0.2, -0.15) is 4.98 Å². The molecule has 4 rings (SSSR count). The van der Waals surface area contributed by atoms with Crippen LogP contribution in [0.3, 0.4) is 0 Å². The smallest absolute Gasteiger partial charge is 0.246 e. The van der Waals surface area contributed by atoms with Crippen molar-refractivity contribution >= 4 is 23.2 Å². The molecule has 0 atom stereocenters. The number of aliphatic imine (C=N–C) groups is 1. The number of piperazine rings is 1. The van der Waals surface area contributed by atoms with Crippen LogP contribution in [0, 0.1) is 0 Å². The van der Waals surface area contributed by atoms with E-state index in [1.807, 2.05) is 30.3 Å². The van der Waals surface area contributed by atoms with Gasteiger partial charge in [-0.3, -0.25) is 4.99 Å². The maximum Gasteiger partial charge on any atom is 0.246 e. The molecule has 8 nitrogen and oxygen atoms in total. The number of anilines is 1. The molecule has 0 spiro atoms. The van der Waals surface area contributed by atoms with Crippen molar-refractivity contribution in [1.82, 2.24) is 20.4 Å². The van der Waals surface area contributed by atoms with Crippen LogP contribution in [0.15, 0.2) is 58.0 Å². The van der Waals surface area contributed by atoms with Gasteiger partial charge in [0.2, 0.25) is 11.7 Å². The standard InChI is InChI=1S/C21H23ClN6O2/c1-23-21(28-11-9-27(10-12-28)17-7-2-3-8-18(17)29)24-14-19-25-20(26-30-19)15-5-4-6-16(22)13-15/h2-8,13,29H,9-12,14H2,1H3,(H,23,24). The van der Waals surface area contributed by atoms with Crippen LogP contribution in [0.25, 0.3) is 11.4 Å². The van der Waals surface area contributed by atoms with E-state index >= 15 is 0 Å². The largest absolute Gasteiger partial charge is 0.506 e. The lowest BCUT2D eigenvalue weighted by atomic mass is 10.2. The Hall–Kier alpha value is -3.26. The third-order valence-corrected chi connectivity index (χ3v) is 5.20. The summed E-state index contributed by atoms with van der Waals surface area (Å²) in [5.74, 6) is 2.05. The highest BCUT2D eigenvalue weighted by molar-refractivity contribution is 6.30. The van der Waals surface area contributed by atoms with Crippen LogP contribution in [0.1, 0.15) is 5.89 Å². The van der Waals surface area contributed by atoms with Crippen LogP contribution in [-0.4, -0.2) is 59.3 Å². The van der Waals surface area contributed by atoms with Gasteiger partial charge < -0.3 is 24.7 Å². The highest BCUT2D eigenvalue weighted by Gasteiger charge is 2.21. The SMILES string of the molecule is CN=C(NCc1nc(-c2cccc(Cl)c2)no1)N1CCN(c2ccccc2O)CC1. The lowest BCUT2D eigenvalue weighted by Crippen LogP contribution is -2.52. The first-order chi connectivity index (χ1) is 14.6. The van der Waals surface area contributed by atoms with Crippen molar-refractivity contribution in [1.29, 1.82) is 0 Å². The minimum absolute atomic E-state index is 0.306. The fraction of sp³-hybridized carbons (Fsp3) is 0.286. The molecule has 1 saturated heterocycles. The van der Waals surface area contributed by atoms with Gasteiger partial charge in [0.1, 0.15) is 5.75 Å². The second-order valence-corrected chi connectivity index (χ2v) is 7.32. The van der Waals surface area contributed by atoms with E-state index in [1.54, 1.807) is 25.2 Å². The fourth-order valence-electron chi connectivity index (χ4n) is 3.45. The van der Waals surface area contributed by atoms with Gasteiger partial charge in [0.25, 0.3) is 0 Å². The Labute approximate surface area is 179 Å². The quantitative estimate of drug-likeness (QED) is 0.489. The molecule has 30 heavy (non-hydrogen) atoms. The summed E-state index contributed by atoms with van der Waals surface area (Å²) in [5, 5.41) is 18.0. The lowest BCUT2D eigenvalue weighted by molar-refractivity contribution is 0.354. The zero-order valence-electron chi connectivity index (χ0n) is 16.6. The molecule has 0 saturated carbocycles. The second kappa shape index (κ2) is 9.04. The predicted octanol–water partition coefficient (Wildman–Crippen LogP) is 2.99. The molecule has 0 bridgehead atoms. The third-order valence-electron chi connectivity index (χ3n) is 4.96. The maximum atomic E-state index is 10.1. The van der Waals surface area contributed by atoms with E-state index in [-0.39, 0.29) is 0 Å². The average Bonchev–Trinajstić information content (AvgIpc) is 3.24. The van der Waals surface area contributed by atoms with E-state index in [1.165, 1.54) is 0 Å². The molecule has 1 aliphatic heterocycles. The number of phenols is 1. The number of halogens is 1. The van der Waals surface area contributed by atoms with Crippen molar-refractivity contribution in [3.05, 3.63) is 59.4 Å². The van der Waals surface area contributed by atoms with Crippen LogP contribution in [-0.2, 0) is 6.54 Å². The molecule has 0 radical (unpaired) electrons. The molecular formula is C21H23ClN6O2. The first-order valence-corrected chi connectivity index (χ1v) is 10.1. The monoisotopic (exact) mass is 426 g/mol. The summed E-state index contributed by atoms with van der Waals surface area (Å²) in [6, 6.07) is 14.7. The number of nitrogens with zero attached hydrogens (tertiary/aromatic N) is 5. The number of phenolic OH excluding ortho intramolecular Hbond substituents is 1. The first kappa shape index (κ1) is 20.0. The molecule has 0 unspecified atom stereocenters. The van der Waals surface area contributed by atoms with Crippen molar-refractivity contribution in [3.8, 4) is 17.1 Å². The molecule has 0 amide bonds. The van der Waals surface area contributed by atoms with Crippen molar-refractivity contribution in [2.75, 3.05) is 38.1 Å². The predicted molar refractivity (Wildman–Crippen MR) is 117 cm³/mol. The summed E-state index contributed by atoms with van der Waals surface area (Å²) < 4.78 is 5.35. The number of aromatic hydroxyl groups is 1. The van der Waals surface area contributed by atoms with Crippen LogP contribution in [0.2, 0.25) is 5.02 Å². The van der Waals surface area contributed by atoms with E-state index in [2.05, 4.69) is 30.2 Å². The zero-order chi connectivity index (χ0) is 20.9. The Balaban J connectivity index is 1.33. The Kier molecular flexibility index (Phi) is 6.04. The molecule has 1 aromatic heterocycles. The minimum atomic E-state index is 0.306. The van der Waals surface area contributed by atoms with E-state index in [9.17, 15) is 5.11 Å². The Morgan fingerprint density at radius 1 is 1.17 bits per heavy atom. The van der Waals surface area contributed by atoms with Crippen LogP contribution in [0.4, 0.5) is 5.69 Å². The molecule has 9 heteroatoms. The summed E-state index contributed by atoms with van der Waals surface area (Å²) in [4.78, 5) is 13.1. The molecule has 2 N–H and O–H groups in total. The molecule has 0 aliphatic carbocycles. The number of para-hydroxylation sites is 2. The molecule has 156 valence electrons. The van der Waals surface area contributed by atoms with E-state index in [0.29, 0.717) is 29.0 Å². The van der Waals surface area contributed by atoms with Gasteiger partial charge in [-0.15, -0.1) is 0 Å². The summed E-state index contributed by atoms with van der Waals surface area (Å²) in [7, 11) is 1.75. The second-order valence-electron chi connectivity index (χ2n) is 6.89. The lowest BCUT2D eigenvalue weighted by Gasteiger charge is -2.37. The Bertz CT molecular complexity index is 1030. The molecule has 2 heterocycles. The van der Waals surface area contributed by atoms with Gasteiger partial charge in [0, 0.05) is 43.8 Å². The number of rotatable bonds is 4. The summed E-state index contributed by atoms with van der Waals surface area (Å²) in [6.45, 7) is 3.52. The third kappa shape index (κ3) is 4.49. The average molecular weight is 427 g/mol. The van der Waals surface area contributed by atoms with Gasteiger partial charge >= 0.3 is 0 Å². The normalized spacial score (nSPS) is 14.8. The highest BCUT2D eigenvalue weighted by atomic mass is 35.5. The zero-order valence-corrected chi connectivity index (χ0v) is 17.4. The molecule has 1 fully saturated rings. The van der Waals surface area contributed by atoms with Crippen LogP contribution < -0.4 is 10.2 Å². The molecule has 3 aromatic rings. The van der Waals surface area contributed by atoms with Crippen molar-refractivity contribution in [2.45, 2.75) is 6.54 Å². The fourth-order valence-corrected chi connectivity index (χ4v) is 3.64. The van der Waals surface area contributed by atoms with Gasteiger partial charge in [-0.1, -0.05) is 41.0 Å². The van der Waals surface area contributed by atoms with Gasteiger partial charge in [0.05, 0.1) is 12.2 Å². The van der Waals surface area contributed by atoms with E-state index < -0.39 is 0 Å². The summed E-state index contributed by atoms with van der Waals surface area (Å²) in [5.41, 5.74) is 1.67. The highest BCUT2D eigenvalue weighted by Crippen LogP contribution is 2.27. The van der Waals surface area contributed by atoms with Crippen molar-refractivity contribution < 1.29 is 9.63 Å². The van der Waals surface area contributed by atoms with E-state index in [4.69, 9.17) is 16.1 Å². The molecular weight excluding hydrogens is 404 g/mol. The number of guanidine groups is 1. The Morgan fingerprint density at radius 2 is 1.97 bits per heavy atom. The molecule has 2 aromatic carbocycles. The summed E-state index contributed by atoms with van der Waals surface area (Å²) in [6.07, 6.45) is 0. The van der Waals surface area contributed by atoms with Gasteiger partial charge in [-0.05, 0) is 24.3 Å². The summed E-state index contributed by atoms with van der Waals surface area (Å²) >= 11 is 6.03. The maximum absolute atomic E-state index is 10.1. The topological polar surface area (TPSA) is 90.0 Å². The van der Waals surface area contributed by atoms with Crippen molar-refractivity contribution in [2.24, 2.45) is 4.99 Å². The number of hydrogen-bond donors (Lipinski definition) is 2. The number of aromatic nitrogens is 2. The van der Waals surface area contributed by atoms with Crippen molar-refractivity contribution in [3.63, 3.8) is 0 Å². The number of hydrogen-bond acceptors (Lipinski definition) is 6. The minimum Gasteiger partial charge on any atom is -0.506 e. The van der Waals surface area contributed by atoms with E-state index in [0.717, 1.165) is 43.4 Å². The van der Waals surface area contributed by atoms with Gasteiger partial charge in [-0.25, -0.2) is 0 Å². The Morgan fingerprint density at radius 3 is 2.70 bits per heavy atom. The first-order valence-electron chi connectivity index (χ1n) is 9.71. The molecule has 1 aliphatic rings. The van der Waals surface area contributed by atoms with Crippen LogP contribution in [0.5, 0.6) is 5.75 Å². The van der Waals surface area contributed by atoms with Crippen LogP contribution >= 0.6 is 11.6 Å².